The van der Waals surface area contributed by atoms with Crippen molar-refractivity contribution >= 4 is 0 Å². The number of ether oxygens (including phenoxy) is 1. The summed E-state index contributed by atoms with van der Waals surface area (Å²) in [7, 11) is 4.46. The van der Waals surface area contributed by atoms with Crippen molar-refractivity contribution in [3.63, 3.8) is 0 Å². The zero-order valence-corrected chi connectivity index (χ0v) is 12.3. The molecule has 0 fully saturated rings. The van der Waals surface area contributed by atoms with Gasteiger partial charge in [-0.15, -0.1) is 0 Å². The fourth-order valence-corrected chi connectivity index (χ4v) is 2.20. The third kappa shape index (κ3) is 5.51. The fraction of sp³-hybridized carbons (Fsp3) is 0.571. The summed E-state index contributed by atoms with van der Waals surface area (Å²) < 4.78 is 55.9. The number of hydrogen-bond acceptors (Lipinski definition) is 3. The summed E-state index contributed by atoms with van der Waals surface area (Å²) in [5, 5.41) is 2.92. The predicted octanol–water partition coefficient (Wildman–Crippen LogP) is 2.98. The van der Waals surface area contributed by atoms with Crippen LogP contribution in [0.2, 0.25) is 0 Å². The van der Waals surface area contributed by atoms with Gasteiger partial charge in [0.25, 0.3) is 0 Å². The number of nitrogens with one attached hydrogen (secondary N) is 1. The standard InChI is InChI=1S/C14H20F4N2O/c1-19-11(7-8-20(2)9-14(16,17)18)13-10(15)5-4-6-12(13)21-3/h4-6,11,19H,7-9H2,1-3H3. The van der Waals surface area contributed by atoms with Gasteiger partial charge < -0.3 is 10.1 Å². The van der Waals surface area contributed by atoms with Crippen LogP contribution < -0.4 is 10.1 Å². The summed E-state index contributed by atoms with van der Waals surface area (Å²) in [6.45, 7) is -0.805. The van der Waals surface area contributed by atoms with E-state index >= 15 is 0 Å². The first-order chi connectivity index (χ1) is 9.78. The van der Waals surface area contributed by atoms with Crippen LogP contribution in [0.5, 0.6) is 5.75 Å². The minimum absolute atomic E-state index is 0.183. The second kappa shape index (κ2) is 7.61. The van der Waals surface area contributed by atoms with E-state index in [-0.39, 0.29) is 6.54 Å². The highest BCUT2D eigenvalue weighted by Gasteiger charge is 2.29. The Kier molecular flexibility index (Phi) is 6.42. The first-order valence-electron chi connectivity index (χ1n) is 6.53. The Morgan fingerprint density at radius 2 is 2.00 bits per heavy atom. The molecule has 1 aromatic carbocycles. The molecule has 7 heteroatoms. The zero-order valence-electron chi connectivity index (χ0n) is 12.3. The Labute approximate surface area is 121 Å². The van der Waals surface area contributed by atoms with Gasteiger partial charge in [-0.1, -0.05) is 6.07 Å². The highest BCUT2D eigenvalue weighted by Crippen LogP contribution is 2.30. The lowest BCUT2D eigenvalue weighted by Gasteiger charge is -2.24. The molecule has 0 amide bonds. The molecule has 1 unspecified atom stereocenters. The minimum atomic E-state index is -4.24. The van der Waals surface area contributed by atoms with E-state index in [9.17, 15) is 17.6 Å². The Bertz CT molecular complexity index is 451. The lowest BCUT2D eigenvalue weighted by Crippen LogP contribution is -2.33. The molecule has 1 atom stereocenters. The summed E-state index contributed by atoms with van der Waals surface area (Å²) in [6, 6.07) is 4.04. The van der Waals surface area contributed by atoms with Gasteiger partial charge in [0, 0.05) is 11.6 Å². The first-order valence-corrected chi connectivity index (χ1v) is 6.53. The Morgan fingerprint density at radius 3 is 2.52 bits per heavy atom. The zero-order chi connectivity index (χ0) is 16.0. The molecule has 0 radical (unpaired) electrons. The van der Waals surface area contributed by atoms with Crippen molar-refractivity contribution in [1.82, 2.24) is 10.2 Å². The van der Waals surface area contributed by atoms with E-state index in [2.05, 4.69) is 5.32 Å². The quantitative estimate of drug-likeness (QED) is 0.784. The molecule has 0 aliphatic carbocycles. The smallest absolute Gasteiger partial charge is 0.401 e. The van der Waals surface area contributed by atoms with Crippen LogP contribution in [-0.2, 0) is 0 Å². The van der Waals surface area contributed by atoms with Gasteiger partial charge in [-0.2, -0.15) is 13.2 Å². The van der Waals surface area contributed by atoms with Crippen LogP contribution in [0.25, 0.3) is 0 Å². The van der Waals surface area contributed by atoms with Crippen molar-refractivity contribution in [2.75, 3.05) is 34.3 Å². The van der Waals surface area contributed by atoms with Gasteiger partial charge in [0.05, 0.1) is 13.7 Å². The molecule has 0 heterocycles. The van der Waals surface area contributed by atoms with Crippen LogP contribution in [0.3, 0.4) is 0 Å². The van der Waals surface area contributed by atoms with Crippen molar-refractivity contribution < 1.29 is 22.3 Å². The van der Waals surface area contributed by atoms with Crippen molar-refractivity contribution in [2.24, 2.45) is 0 Å². The summed E-state index contributed by atoms with van der Waals surface area (Å²) in [5.74, 6) is -0.0556. The molecule has 1 N–H and O–H groups in total. The number of hydrogen-bond donors (Lipinski definition) is 1. The lowest BCUT2D eigenvalue weighted by molar-refractivity contribution is -0.143. The second-order valence-corrected chi connectivity index (χ2v) is 4.84. The van der Waals surface area contributed by atoms with Crippen LogP contribution >= 0.6 is 0 Å². The Morgan fingerprint density at radius 1 is 1.33 bits per heavy atom. The van der Waals surface area contributed by atoms with Crippen molar-refractivity contribution in [3.05, 3.63) is 29.6 Å². The minimum Gasteiger partial charge on any atom is -0.496 e. The fourth-order valence-electron chi connectivity index (χ4n) is 2.20. The molecule has 1 rings (SSSR count). The molecular formula is C14H20F4N2O. The molecule has 21 heavy (non-hydrogen) atoms. The van der Waals surface area contributed by atoms with Crippen LogP contribution in [0.1, 0.15) is 18.0 Å². The predicted molar refractivity (Wildman–Crippen MR) is 72.9 cm³/mol. The largest absolute Gasteiger partial charge is 0.496 e. The van der Waals surface area contributed by atoms with Crippen molar-refractivity contribution in [1.29, 1.82) is 0 Å². The van der Waals surface area contributed by atoms with E-state index < -0.39 is 24.6 Å². The summed E-state index contributed by atoms with van der Waals surface area (Å²) >= 11 is 0. The van der Waals surface area contributed by atoms with Crippen molar-refractivity contribution in [2.45, 2.75) is 18.6 Å². The number of halogens is 4. The van der Waals surface area contributed by atoms with Crippen LogP contribution in [0.4, 0.5) is 17.6 Å². The molecular weight excluding hydrogens is 288 g/mol. The lowest BCUT2D eigenvalue weighted by atomic mass is 10.0. The monoisotopic (exact) mass is 308 g/mol. The first kappa shape index (κ1) is 17.7. The highest BCUT2D eigenvalue weighted by atomic mass is 19.4. The van der Waals surface area contributed by atoms with Crippen LogP contribution in [-0.4, -0.2) is 45.4 Å². The van der Waals surface area contributed by atoms with E-state index in [1.165, 1.54) is 26.3 Å². The number of benzene rings is 1. The number of alkyl halides is 3. The van der Waals surface area contributed by atoms with Gasteiger partial charge >= 0.3 is 6.18 Å². The molecule has 0 aliphatic heterocycles. The van der Waals surface area contributed by atoms with Crippen molar-refractivity contribution in [3.8, 4) is 5.75 Å². The van der Waals surface area contributed by atoms with E-state index in [1.807, 2.05) is 0 Å². The van der Waals surface area contributed by atoms with Gasteiger partial charge in [0.1, 0.15) is 11.6 Å². The maximum Gasteiger partial charge on any atom is 0.401 e. The van der Waals surface area contributed by atoms with Gasteiger partial charge in [0.15, 0.2) is 0 Å². The SMILES string of the molecule is CNC(CCN(C)CC(F)(F)F)c1c(F)cccc1OC. The molecule has 0 saturated heterocycles. The molecule has 1 aromatic rings. The summed E-state index contributed by atoms with van der Waals surface area (Å²) in [6.07, 6.45) is -3.90. The average Bonchev–Trinajstić information content (AvgIpc) is 2.38. The third-order valence-corrected chi connectivity index (χ3v) is 3.18. The van der Waals surface area contributed by atoms with E-state index in [0.29, 0.717) is 17.7 Å². The van der Waals surface area contributed by atoms with Crippen LogP contribution in [0, 0.1) is 5.82 Å². The number of nitrogens with zero attached hydrogens (tertiary/aromatic N) is 1. The Hall–Kier alpha value is -1.34. The number of methoxy groups -OCH3 is 1. The molecule has 0 bridgehead atoms. The summed E-state index contributed by atoms with van der Waals surface area (Å²) in [4.78, 5) is 1.16. The second-order valence-electron chi connectivity index (χ2n) is 4.84. The van der Waals surface area contributed by atoms with E-state index in [4.69, 9.17) is 4.74 Å². The molecule has 120 valence electrons. The van der Waals surface area contributed by atoms with E-state index in [1.54, 1.807) is 13.1 Å². The highest BCUT2D eigenvalue weighted by molar-refractivity contribution is 5.37. The van der Waals surface area contributed by atoms with E-state index in [0.717, 1.165) is 4.90 Å². The summed E-state index contributed by atoms with van der Waals surface area (Å²) in [5.41, 5.74) is 0.336. The average molecular weight is 308 g/mol. The van der Waals surface area contributed by atoms with Crippen LogP contribution in [0.15, 0.2) is 18.2 Å². The van der Waals surface area contributed by atoms with Gasteiger partial charge in [0.2, 0.25) is 0 Å². The maximum absolute atomic E-state index is 14.0. The topological polar surface area (TPSA) is 24.5 Å². The van der Waals surface area contributed by atoms with Gasteiger partial charge in [-0.25, -0.2) is 4.39 Å². The van der Waals surface area contributed by atoms with Gasteiger partial charge in [-0.3, -0.25) is 4.90 Å². The third-order valence-electron chi connectivity index (χ3n) is 3.18. The van der Waals surface area contributed by atoms with Gasteiger partial charge in [-0.05, 0) is 39.2 Å². The molecule has 3 nitrogen and oxygen atoms in total. The normalized spacial score (nSPS) is 13.5. The molecule has 0 aliphatic rings. The maximum atomic E-state index is 14.0. The Balaban J connectivity index is 2.76. The molecule has 0 saturated carbocycles. The molecule has 0 spiro atoms. The number of rotatable bonds is 7. The molecule has 0 aromatic heterocycles.